The summed E-state index contributed by atoms with van der Waals surface area (Å²) in [5.41, 5.74) is 6.46. The molecule has 1 amide bonds. The van der Waals surface area contributed by atoms with Crippen molar-refractivity contribution < 1.29 is 13.9 Å². The first-order chi connectivity index (χ1) is 14.9. The van der Waals surface area contributed by atoms with Crippen LogP contribution >= 0.6 is 0 Å². The Kier molecular flexibility index (Phi) is 5.58. The van der Waals surface area contributed by atoms with Crippen molar-refractivity contribution in [2.24, 2.45) is 0 Å². The standard InChI is InChI=1S/C26H24N2O3/c1-16-8-10-19(11-9-16)22-15-31-24-14-23(30-4)20(13-21(22)24)17(2)12-26(29)28-25-7-5-6-18(3)27-25/h5-15H,1-4H3,(H,27,28,29)/b17-12+. The second-order valence-corrected chi connectivity index (χ2v) is 7.54. The molecule has 0 fully saturated rings. The summed E-state index contributed by atoms with van der Waals surface area (Å²) in [7, 11) is 1.61. The Morgan fingerprint density at radius 3 is 2.58 bits per heavy atom. The summed E-state index contributed by atoms with van der Waals surface area (Å²) in [5.74, 6) is 0.921. The van der Waals surface area contributed by atoms with Crippen LogP contribution in [0.15, 0.2) is 71.4 Å². The number of fused-ring (bicyclic) bond motifs is 1. The Balaban J connectivity index is 1.71. The Hall–Kier alpha value is -3.86. The Labute approximate surface area is 181 Å². The molecule has 0 saturated carbocycles. The van der Waals surface area contributed by atoms with Crippen LogP contribution in [0.25, 0.3) is 27.7 Å². The molecule has 0 aliphatic carbocycles. The highest BCUT2D eigenvalue weighted by atomic mass is 16.5. The van der Waals surface area contributed by atoms with Crippen molar-refractivity contribution in [2.75, 3.05) is 12.4 Å². The van der Waals surface area contributed by atoms with E-state index in [1.165, 1.54) is 5.56 Å². The largest absolute Gasteiger partial charge is 0.496 e. The van der Waals surface area contributed by atoms with E-state index in [0.717, 1.165) is 38.9 Å². The van der Waals surface area contributed by atoms with E-state index in [1.807, 2.05) is 38.1 Å². The number of pyridine rings is 1. The lowest BCUT2D eigenvalue weighted by Crippen LogP contribution is -2.10. The van der Waals surface area contributed by atoms with Crippen molar-refractivity contribution in [3.8, 4) is 16.9 Å². The van der Waals surface area contributed by atoms with Gasteiger partial charge in [-0.15, -0.1) is 0 Å². The molecule has 31 heavy (non-hydrogen) atoms. The summed E-state index contributed by atoms with van der Waals surface area (Å²) in [5, 5.41) is 3.78. The first kappa shape index (κ1) is 20.4. The van der Waals surface area contributed by atoms with E-state index in [2.05, 4.69) is 41.5 Å². The topological polar surface area (TPSA) is 64.4 Å². The number of ether oxygens (including phenoxy) is 1. The Morgan fingerprint density at radius 2 is 1.87 bits per heavy atom. The average molecular weight is 412 g/mol. The maximum Gasteiger partial charge on any atom is 0.249 e. The number of allylic oxidation sites excluding steroid dienone is 1. The third-order valence-electron chi connectivity index (χ3n) is 5.17. The van der Waals surface area contributed by atoms with Gasteiger partial charge in [0.25, 0.3) is 0 Å². The van der Waals surface area contributed by atoms with Crippen LogP contribution in [0.5, 0.6) is 5.75 Å². The van der Waals surface area contributed by atoms with Gasteiger partial charge < -0.3 is 14.5 Å². The second kappa shape index (κ2) is 8.48. The minimum atomic E-state index is -0.247. The molecule has 0 atom stereocenters. The molecule has 0 aliphatic heterocycles. The number of nitrogens with one attached hydrogen (secondary N) is 1. The number of methoxy groups -OCH3 is 1. The lowest BCUT2D eigenvalue weighted by molar-refractivity contribution is -0.111. The number of rotatable bonds is 5. The molecule has 5 nitrogen and oxygen atoms in total. The smallest absolute Gasteiger partial charge is 0.249 e. The predicted molar refractivity (Wildman–Crippen MR) is 124 cm³/mol. The molecule has 1 N–H and O–H groups in total. The van der Waals surface area contributed by atoms with Gasteiger partial charge in [0.15, 0.2) is 0 Å². The molecule has 0 bridgehead atoms. The summed E-state index contributed by atoms with van der Waals surface area (Å²) in [6.45, 7) is 5.83. The van der Waals surface area contributed by atoms with Crippen molar-refractivity contribution in [1.29, 1.82) is 0 Å². The van der Waals surface area contributed by atoms with Gasteiger partial charge >= 0.3 is 0 Å². The highest BCUT2D eigenvalue weighted by molar-refractivity contribution is 6.05. The normalized spacial score (nSPS) is 11.5. The first-order valence-corrected chi connectivity index (χ1v) is 10.0. The van der Waals surface area contributed by atoms with Gasteiger partial charge in [0.2, 0.25) is 5.91 Å². The highest BCUT2D eigenvalue weighted by Gasteiger charge is 2.15. The number of nitrogens with zero attached hydrogens (tertiary/aromatic N) is 1. The van der Waals surface area contributed by atoms with Gasteiger partial charge in [0.1, 0.15) is 17.2 Å². The monoisotopic (exact) mass is 412 g/mol. The quantitative estimate of drug-likeness (QED) is 0.399. The zero-order valence-corrected chi connectivity index (χ0v) is 18.0. The van der Waals surface area contributed by atoms with Crippen LogP contribution in [0.2, 0.25) is 0 Å². The number of aryl methyl sites for hydroxylation is 2. The molecule has 0 spiro atoms. The molecular formula is C26H24N2O3. The van der Waals surface area contributed by atoms with E-state index in [9.17, 15) is 4.79 Å². The van der Waals surface area contributed by atoms with Crippen LogP contribution < -0.4 is 10.1 Å². The van der Waals surface area contributed by atoms with Crippen molar-refractivity contribution in [3.05, 3.63) is 83.8 Å². The molecule has 0 aliphatic rings. The van der Waals surface area contributed by atoms with E-state index in [4.69, 9.17) is 9.15 Å². The summed E-state index contributed by atoms with van der Waals surface area (Å²) >= 11 is 0. The van der Waals surface area contributed by atoms with Gasteiger partial charge in [-0.25, -0.2) is 4.98 Å². The molecule has 2 aromatic heterocycles. The van der Waals surface area contributed by atoms with Crippen molar-refractivity contribution in [2.45, 2.75) is 20.8 Å². The van der Waals surface area contributed by atoms with Crippen LogP contribution in [-0.2, 0) is 4.79 Å². The highest BCUT2D eigenvalue weighted by Crippen LogP contribution is 2.37. The molecule has 5 heteroatoms. The third kappa shape index (κ3) is 4.36. The molecule has 4 aromatic rings. The van der Waals surface area contributed by atoms with Crippen LogP contribution in [0.1, 0.15) is 23.7 Å². The maximum absolute atomic E-state index is 12.6. The minimum absolute atomic E-state index is 0.247. The Morgan fingerprint density at radius 1 is 1.10 bits per heavy atom. The van der Waals surface area contributed by atoms with Crippen LogP contribution in [0.4, 0.5) is 5.82 Å². The van der Waals surface area contributed by atoms with Crippen molar-refractivity contribution >= 4 is 28.3 Å². The number of anilines is 1. The number of amides is 1. The SMILES string of the molecule is COc1cc2occ(-c3ccc(C)cc3)c2cc1/C(C)=C/C(=O)Nc1cccc(C)n1. The van der Waals surface area contributed by atoms with Gasteiger partial charge in [-0.05, 0) is 50.1 Å². The number of aromatic nitrogens is 1. The van der Waals surface area contributed by atoms with Crippen LogP contribution in [-0.4, -0.2) is 18.0 Å². The van der Waals surface area contributed by atoms with Gasteiger partial charge in [0, 0.05) is 34.3 Å². The number of carbonyl (C=O) groups is 1. The van der Waals surface area contributed by atoms with Crippen molar-refractivity contribution in [1.82, 2.24) is 4.98 Å². The van der Waals surface area contributed by atoms with E-state index in [1.54, 1.807) is 25.5 Å². The van der Waals surface area contributed by atoms with Crippen molar-refractivity contribution in [3.63, 3.8) is 0 Å². The van der Waals surface area contributed by atoms with E-state index < -0.39 is 0 Å². The van der Waals surface area contributed by atoms with Gasteiger partial charge in [-0.3, -0.25) is 4.79 Å². The summed E-state index contributed by atoms with van der Waals surface area (Å²) in [6.07, 6.45) is 3.31. The zero-order chi connectivity index (χ0) is 22.0. The van der Waals surface area contributed by atoms with Crippen LogP contribution in [0.3, 0.4) is 0 Å². The number of carbonyl (C=O) groups excluding carboxylic acids is 1. The molecule has 156 valence electrons. The van der Waals surface area contributed by atoms with E-state index in [-0.39, 0.29) is 5.91 Å². The fourth-order valence-electron chi connectivity index (χ4n) is 3.54. The van der Waals surface area contributed by atoms with Gasteiger partial charge in [0.05, 0.1) is 13.4 Å². The minimum Gasteiger partial charge on any atom is -0.496 e. The molecule has 2 heterocycles. The molecule has 0 radical (unpaired) electrons. The fraction of sp³-hybridized carbons (Fsp3) is 0.154. The number of benzene rings is 2. The second-order valence-electron chi connectivity index (χ2n) is 7.54. The zero-order valence-electron chi connectivity index (χ0n) is 18.0. The molecular weight excluding hydrogens is 388 g/mol. The summed E-state index contributed by atoms with van der Waals surface area (Å²) in [4.78, 5) is 16.9. The Bertz CT molecular complexity index is 1280. The maximum atomic E-state index is 12.6. The van der Waals surface area contributed by atoms with E-state index >= 15 is 0 Å². The molecule has 0 unspecified atom stereocenters. The lowest BCUT2D eigenvalue weighted by Gasteiger charge is -2.10. The third-order valence-corrected chi connectivity index (χ3v) is 5.17. The first-order valence-electron chi connectivity index (χ1n) is 10.0. The lowest BCUT2D eigenvalue weighted by atomic mass is 9.99. The summed E-state index contributed by atoms with van der Waals surface area (Å²) in [6, 6.07) is 17.7. The number of hydrogen-bond acceptors (Lipinski definition) is 4. The fourth-order valence-corrected chi connectivity index (χ4v) is 3.54. The molecule has 0 saturated heterocycles. The predicted octanol–water partition coefficient (Wildman–Crippen LogP) is 6.16. The summed E-state index contributed by atoms with van der Waals surface area (Å²) < 4.78 is 11.4. The number of hydrogen-bond donors (Lipinski definition) is 1. The molecule has 4 rings (SSSR count). The van der Waals surface area contributed by atoms with E-state index in [0.29, 0.717) is 11.6 Å². The number of furan rings is 1. The van der Waals surface area contributed by atoms with Gasteiger partial charge in [-0.2, -0.15) is 0 Å². The van der Waals surface area contributed by atoms with Crippen LogP contribution in [0, 0.1) is 13.8 Å². The van der Waals surface area contributed by atoms with Gasteiger partial charge in [-0.1, -0.05) is 35.9 Å². The average Bonchev–Trinajstić information content (AvgIpc) is 3.16. The molecule has 2 aromatic carbocycles.